The van der Waals surface area contributed by atoms with Crippen molar-refractivity contribution in [2.75, 3.05) is 13.6 Å². The van der Waals surface area contributed by atoms with Crippen LogP contribution in [0.5, 0.6) is 0 Å². The van der Waals surface area contributed by atoms with E-state index in [9.17, 15) is 13.6 Å². The second-order valence-corrected chi connectivity index (χ2v) is 3.74. The van der Waals surface area contributed by atoms with Crippen molar-refractivity contribution in [3.8, 4) is 0 Å². The Morgan fingerprint density at radius 2 is 2.06 bits per heavy atom. The van der Waals surface area contributed by atoms with Crippen LogP contribution in [0.25, 0.3) is 0 Å². The van der Waals surface area contributed by atoms with Crippen LogP contribution in [0, 0.1) is 11.6 Å². The molecule has 1 atom stereocenters. The third-order valence-corrected chi connectivity index (χ3v) is 2.74. The molecule has 16 heavy (non-hydrogen) atoms. The molecule has 0 radical (unpaired) electrons. The average Bonchev–Trinajstić information content (AvgIpc) is 2.26. The normalized spacial score (nSPS) is 12.9. The number of benzene rings is 1. The van der Waals surface area contributed by atoms with E-state index >= 15 is 0 Å². The van der Waals surface area contributed by atoms with E-state index in [1.54, 1.807) is 18.9 Å². The smallest absolute Gasteiger partial charge is 0.182 e. The van der Waals surface area contributed by atoms with Crippen molar-refractivity contribution in [2.45, 2.75) is 19.9 Å². The maximum atomic E-state index is 13.3. The lowest BCUT2D eigenvalue weighted by Gasteiger charge is -2.21. The largest absolute Gasteiger partial charge is 0.297 e. The summed E-state index contributed by atoms with van der Waals surface area (Å²) in [5.41, 5.74) is -0.0609. The maximum Gasteiger partial charge on any atom is 0.182 e. The number of Topliss-reactive ketones (excluding diaryl/α,β-unsaturated/α-hetero) is 1. The third kappa shape index (κ3) is 2.64. The highest BCUT2D eigenvalue weighted by Gasteiger charge is 2.21. The fourth-order valence-corrected chi connectivity index (χ4v) is 1.39. The van der Waals surface area contributed by atoms with E-state index in [0.717, 1.165) is 12.1 Å². The zero-order valence-electron chi connectivity index (χ0n) is 9.63. The van der Waals surface area contributed by atoms with Crippen molar-refractivity contribution >= 4 is 5.78 Å². The molecule has 0 heterocycles. The zero-order chi connectivity index (χ0) is 12.3. The van der Waals surface area contributed by atoms with E-state index in [1.807, 2.05) is 6.92 Å². The molecule has 1 aromatic rings. The van der Waals surface area contributed by atoms with E-state index in [1.165, 1.54) is 6.07 Å². The van der Waals surface area contributed by atoms with Gasteiger partial charge in [-0.25, -0.2) is 8.78 Å². The van der Waals surface area contributed by atoms with Gasteiger partial charge in [-0.15, -0.1) is 0 Å². The third-order valence-electron chi connectivity index (χ3n) is 2.74. The Labute approximate surface area is 93.9 Å². The van der Waals surface area contributed by atoms with Crippen LogP contribution >= 0.6 is 0 Å². The summed E-state index contributed by atoms with van der Waals surface area (Å²) >= 11 is 0. The van der Waals surface area contributed by atoms with Gasteiger partial charge in [0.1, 0.15) is 11.6 Å². The summed E-state index contributed by atoms with van der Waals surface area (Å²) in [6.07, 6.45) is 0. The molecule has 0 saturated carbocycles. The molecular formula is C12H15F2NO. The topological polar surface area (TPSA) is 20.3 Å². The van der Waals surface area contributed by atoms with Crippen molar-refractivity contribution in [2.24, 2.45) is 0 Å². The molecular weight excluding hydrogens is 212 g/mol. The Balaban J connectivity index is 2.96. The minimum Gasteiger partial charge on any atom is -0.297 e. The zero-order valence-corrected chi connectivity index (χ0v) is 9.63. The first-order valence-corrected chi connectivity index (χ1v) is 5.16. The number of halogens is 2. The number of rotatable bonds is 4. The molecule has 0 fully saturated rings. The lowest BCUT2D eigenvalue weighted by molar-refractivity contribution is 0.0869. The van der Waals surface area contributed by atoms with Gasteiger partial charge in [0.2, 0.25) is 0 Å². The van der Waals surface area contributed by atoms with Crippen LogP contribution in [0.4, 0.5) is 8.78 Å². The van der Waals surface area contributed by atoms with Gasteiger partial charge < -0.3 is 0 Å². The van der Waals surface area contributed by atoms with E-state index in [2.05, 4.69) is 0 Å². The lowest BCUT2D eigenvalue weighted by atomic mass is 10.0. The molecule has 88 valence electrons. The first kappa shape index (κ1) is 12.8. The van der Waals surface area contributed by atoms with Gasteiger partial charge in [-0.2, -0.15) is 0 Å². The van der Waals surface area contributed by atoms with Gasteiger partial charge in [0.25, 0.3) is 0 Å². The highest BCUT2D eigenvalue weighted by atomic mass is 19.1. The molecule has 2 nitrogen and oxygen atoms in total. The van der Waals surface area contributed by atoms with Crippen LogP contribution < -0.4 is 0 Å². The van der Waals surface area contributed by atoms with Crippen molar-refractivity contribution in [3.05, 3.63) is 35.4 Å². The second kappa shape index (κ2) is 5.16. The number of carbonyl (C=O) groups is 1. The predicted molar refractivity (Wildman–Crippen MR) is 58.5 cm³/mol. The highest BCUT2D eigenvalue weighted by molar-refractivity contribution is 6.00. The maximum absolute atomic E-state index is 13.3. The Morgan fingerprint density at radius 1 is 1.44 bits per heavy atom. The first-order valence-electron chi connectivity index (χ1n) is 5.16. The van der Waals surface area contributed by atoms with Gasteiger partial charge in [-0.3, -0.25) is 9.69 Å². The lowest BCUT2D eigenvalue weighted by Crippen LogP contribution is -2.36. The Hall–Kier alpha value is -1.29. The molecule has 0 aliphatic heterocycles. The standard InChI is InChI=1S/C12H15F2NO/c1-4-15(3)8(2)12(16)10-6-5-9(13)7-11(10)14/h5-8H,4H2,1-3H3. The minimum atomic E-state index is -0.804. The summed E-state index contributed by atoms with van der Waals surface area (Å²) in [5, 5.41) is 0. The Kier molecular flexibility index (Phi) is 4.12. The molecule has 0 aliphatic rings. The number of carbonyl (C=O) groups excluding carboxylic acids is 1. The molecule has 0 aliphatic carbocycles. The van der Waals surface area contributed by atoms with Crippen LogP contribution in [0.2, 0.25) is 0 Å². The fraction of sp³-hybridized carbons (Fsp3) is 0.417. The van der Waals surface area contributed by atoms with Crippen molar-refractivity contribution in [3.63, 3.8) is 0 Å². The monoisotopic (exact) mass is 227 g/mol. The molecule has 0 aromatic heterocycles. The van der Waals surface area contributed by atoms with Gasteiger partial charge >= 0.3 is 0 Å². The molecule has 1 rings (SSSR count). The van der Waals surface area contributed by atoms with Crippen LogP contribution in [0.3, 0.4) is 0 Å². The van der Waals surface area contributed by atoms with E-state index < -0.39 is 17.7 Å². The summed E-state index contributed by atoms with van der Waals surface area (Å²) in [6, 6.07) is 2.60. The number of ketones is 1. The molecule has 0 saturated heterocycles. The van der Waals surface area contributed by atoms with Crippen LogP contribution in [0.1, 0.15) is 24.2 Å². The minimum absolute atomic E-state index is 0.0609. The molecule has 4 heteroatoms. The number of nitrogens with zero attached hydrogens (tertiary/aromatic N) is 1. The second-order valence-electron chi connectivity index (χ2n) is 3.74. The van der Waals surface area contributed by atoms with E-state index in [4.69, 9.17) is 0 Å². The average molecular weight is 227 g/mol. The molecule has 1 aromatic carbocycles. The molecule has 0 bridgehead atoms. The Morgan fingerprint density at radius 3 is 2.56 bits per heavy atom. The van der Waals surface area contributed by atoms with Crippen LogP contribution in [-0.2, 0) is 0 Å². The quantitative estimate of drug-likeness (QED) is 0.736. The van der Waals surface area contributed by atoms with E-state index in [-0.39, 0.29) is 11.3 Å². The molecule has 1 unspecified atom stereocenters. The summed E-state index contributed by atoms with van der Waals surface area (Å²) in [5.74, 6) is -1.81. The van der Waals surface area contributed by atoms with Crippen LogP contribution in [-0.4, -0.2) is 30.3 Å². The van der Waals surface area contributed by atoms with Crippen molar-refractivity contribution < 1.29 is 13.6 Å². The summed E-state index contributed by atoms with van der Waals surface area (Å²) in [6.45, 7) is 4.30. The molecule has 0 spiro atoms. The number of likely N-dealkylation sites (N-methyl/N-ethyl adjacent to an activating group) is 1. The predicted octanol–water partition coefficient (Wildman–Crippen LogP) is 2.49. The van der Waals surface area contributed by atoms with Crippen molar-refractivity contribution in [1.82, 2.24) is 4.90 Å². The van der Waals surface area contributed by atoms with E-state index in [0.29, 0.717) is 6.54 Å². The summed E-state index contributed by atoms with van der Waals surface area (Å²) in [4.78, 5) is 13.7. The molecule has 0 N–H and O–H groups in total. The SMILES string of the molecule is CCN(C)C(C)C(=O)c1ccc(F)cc1F. The fourth-order valence-electron chi connectivity index (χ4n) is 1.39. The van der Waals surface area contributed by atoms with Gasteiger partial charge in [0, 0.05) is 6.07 Å². The van der Waals surface area contributed by atoms with Gasteiger partial charge in [0.15, 0.2) is 5.78 Å². The number of hydrogen-bond acceptors (Lipinski definition) is 2. The number of hydrogen-bond donors (Lipinski definition) is 0. The van der Waals surface area contributed by atoms with Gasteiger partial charge in [-0.1, -0.05) is 6.92 Å². The highest BCUT2D eigenvalue weighted by Crippen LogP contribution is 2.13. The summed E-state index contributed by atoms with van der Waals surface area (Å²) < 4.78 is 26.0. The Bertz CT molecular complexity index is 393. The van der Waals surface area contributed by atoms with Gasteiger partial charge in [0.05, 0.1) is 11.6 Å². The van der Waals surface area contributed by atoms with Crippen molar-refractivity contribution in [1.29, 1.82) is 0 Å². The van der Waals surface area contributed by atoms with Crippen LogP contribution in [0.15, 0.2) is 18.2 Å². The first-order chi connectivity index (χ1) is 7.47. The molecule has 0 amide bonds. The summed E-state index contributed by atoms with van der Waals surface area (Å²) in [7, 11) is 1.78. The van der Waals surface area contributed by atoms with Gasteiger partial charge in [-0.05, 0) is 32.6 Å².